The summed E-state index contributed by atoms with van der Waals surface area (Å²) in [5.41, 5.74) is 3.26. The minimum absolute atomic E-state index is 0.443. The van der Waals surface area contributed by atoms with Gasteiger partial charge in [0.25, 0.3) is 0 Å². The molecule has 26 heavy (non-hydrogen) atoms. The Morgan fingerprint density at radius 3 is 2.27 bits per heavy atom. The van der Waals surface area contributed by atoms with Crippen LogP contribution in [0.15, 0.2) is 42.5 Å². The van der Waals surface area contributed by atoms with E-state index >= 15 is 0 Å². The first-order valence-corrected chi connectivity index (χ1v) is 10.2. The average Bonchev–Trinajstić information content (AvgIpc) is 2.66. The molecule has 0 radical (unpaired) electrons. The second-order valence-electron chi connectivity index (χ2n) is 7.84. The molecule has 1 saturated carbocycles. The van der Waals surface area contributed by atoms with E-state index in [4.69, 9.17) is 0 Å². The van der Waals surface area contributed by atoms with Crippen LogP contribution in [-0.4, -0.2) is 0 Å². The average molecular weight is 357 g/mol. The van der Waals surface area contributed by atoms with Gasteiger partial charge >= 0.3 is 0 Å². The minimum Gasteiger partial charge on any atom is -0.207 e. The van der Waals surface area contributed by atoms with Crippen LogP contribution < -0.4 is 0 Å². The lowest BCUT2D eigenvalue weighted by atomic mass is 9.77. The monoisotopic (exact) mass is 356 g/mol. The molecule has 0 atom stereocenters. The zero-order chi connectivity index (χ0) is 18.4. The molecule has 0 bridgehead atoms. The standard InChI is InChI=1S/C24H30F2/c1-2-3-4-18-5-10-20(11-6-18)21-12-7-19(8-13-21)9-14-22-15-16-23(25)17-24(22)26/h7-8,12-13,15-18,20H,2-6,9-11,14H2,1H3/t18-,20-. The van der Waals surface area contributed by atoms with Gasteiger partial charge in [-0.25, -0.2) is 8.78 Å². The minimum atomic E-state index is -0.514. The molecule has 2 aromatic rings. The van der Waals surface area contributed by atoms with Gasteiger partial charge in [-0.1, -0.05) is 56.5 Å². The second-order valence-corrected chi connectivity index (χ2v) is 7.84. The first-order valence-electron chi connectivity index (χ1n) is 10.2. The third-order valence-electron chi connectivity index (χ3n) is 5.96. The maximum atomic E-state index is 13.7. The number of halogens is 2. The molecule has 0 aliphatic heterocycles. The van der Waals surface area contributed by atoms with E-state index < -0.39 is 11.6 Å². The summed E-state index contributed by atoms with van der Waals surface area (Å²) in [5, 5.41) is 0. The third kappa shape index (κ3) is 5.16. The molecular weight excluding hydrogens is 326 g/mol. The van der Waals surface area contributed by atoms with E-state index in [1.807, 2.05) is 0 Å². The summed E-state index contributed by atoms with van der Waals surface area (Å²) in [6.07, 6.45) is 10.8. The molecule has 0 aromatic heterocycles. The van der Waals surface area contributed by atoms with Gasteiger partial charge in [0, 0.05) is 6.07 Å². The summed E-state index contributed by atoms with van der Waals surface area (Å²) < 4.78 is 26.7. The molecule has 1 aliphatic carbocycles. The van der Waals surface area contributed by atoms with Crippen molar-refractivity contribution in [2.75, 3.05) is 0 Å². The Labute approximate surface area is 156 Å². The number of aryl methyl sites for hydroxylation is 2. The molecule has 0 unspecified atom stereocenters. The van der Waals surface area contributed by atoms with Crippen LogP contribution in [0.25, 0.3) is 0 Å². The van der Waals surface area contributed by atoms with Crippen molar-refractivity contribution in [2.45, 2.75) is 70.6 Å². The SMILES string of the molecule is CCCC[C@H]1CC[C@H](c2ccc(CCc3ccc(F)cc3F)cc2)CC1. The molecule has 2 heteroatoms. The molecule has 0 nitrogen and oxygen atoms in total. The summed E-state index contributed by atoms with van der Waals surface area (Å²) in [5.74, 6) is 0.689. The van der Waals surface area contributed by atoms with Crippen molar-refractivity contribution in [3.63, 3.8) is 0 Å². The van der Waals surface area contributed by atoms with Crippen LogP contribution in [0, 0.1) is 17.6 Å². The van der Waals surface area contributed by atoms with Crippen molar-refractivity contribution in [2.24, 2.45) is 5.92 Å². The first-order chi connectivity index (χ1) is 12.7. The Morgan fingerprint density at radius 2 is 1.62 bits per heavy atom. The van der Waals surface area contributed by atoms with E-state index in [9.17, 15) is 8.78 Å². The summed E-state index contributed by atoms with van der Waals surface area (Å²) in [4.78, 5) is 0. The second kappa shape index (κ2) is 9.30. The van der Waals surface area contributed by atoms with Crippen molar-refractivity contribution in [3.05, 3.63) is 70.8 Å². The van der Waals surface area contributed by atoms with E-state index in [0.29, 0.717) is 17.9 Å². The fraction of sp³-hybridized carbons (Fsp3) is 0.500. The number of hydrogen-bond acceptors (Lipinski definition) is 0. The van der Waals surface area contributed by atoms with Gasteiger partial charge < -0.3 is 0 Å². The van der Waals surface area contributed by atoms with Gasteiger partial charge in [0.1, 0.15) is 11.6 Å². The lowest BCUT2D eigenvalue weighted by Gasteiger charge is -2.29. The van der Waals surface area contributed by atoms with Gasteiger partial charge in [-0.05, 0) is 73.1 Å². The summed E-state index contributed by atoms with van der Waals surface area (Å²) in [7, 11) is 0. The molecular formula is C24H30F2. The van der Waals surface area contributed by atoms with Crippen molar-refractivity contribution in [1.82, 2.24) is 0 Å². The van der Waals surface area contributed by atoms with E-state index in [-0.39, 0.29) is 0 Å². The molecule has 0 amide bonds. The maximum absolute atomic E-state index is 13.7. The van der Waals surface area contributed by atoms with Crippen LogP contribution in [0.3, 0.4) is 0 Å². The lowest BCUT2D eigenvalue weighted by Crippen LogP contribution is -2.13. The van der Waals surface area contributed by atoms with Crippen LogP contribution in [0.2, 0.25) is 0 Å². The highest BCUT2D eigenvalue weighted by atomic mass is 19.1. The number of hydrogen-bond donors (Lipinski definition) is 0. The molecule has 0 N–H and O–H groups in total. The van der Waals surface area contributed by atoms with Gasteiger partial charge in [0.05, 0.1) is 0 Å². The van der Waals surface area contributed by atoms with E-state index in [0.717, 1.165) is 18.4 Å². The highest BCUT2D eigenvalue weighted by Gasteiger charge is 2.21. The topological polar surface area (TPSA) is 0 Å². The van der Waals surface area contributed by atoms with Crippen LogP contribution in [0.5, 0.6) is 0 Å². The molecule has 1 fully saturated rings. The van der Waals surface area contributed by atoms with E-state index in [2.05, 4.69) is 31.2 Å². The summed E-state index contributed by atoms with van der Waals surface area (Å²) in [6, 6.07) is 12.7. The molecule has 0 saturated heterocycles. The number of benzene rings is 2. The van der Waals surface area contributed by atoms with Gasteiger partial charge in [-0.3, -0.25) is 0 Å². The van der Waals surface area contributed by atoms with Crippen LogP contribution in [0.1, 0.15) is 74.5 Å². The van der Waals surface area contributed by atoms with E-state index in [1.165, 1.54) is 62.1 Å². The van der Waals surface area contributed by atoms with Gasteiger partial charge in [-0.2, -0.15) is 0 Å². The fourth-order valence-electron chi connectivity index (χ4n) is 4.24. The normalized spacial score (nSPS) is 20.3. The first kappa shape index (κ1) is 19.1. The van der Waals surface area contributed by atoms with Crippen LogP contribution in [0.4, 0.5) is 8.78 Å². The highest BCUT2D eigenvalue weighted by Crippen LogP contribution is 2.37. The summed E-state index contributed by atoms with van der Waals surface area (Å²) >= 11 is 0. The molecule has 0 heterocycles. The highest BCUT2D eigenvalue weighted by molar-refractivity contribution is 5.27. The zero-order valence-corrected chi connectivity index (χ0v) is 15.8. The Hall–Kier alpha value is -1.70. The Kier molecular flexibility index (Phi) is 6.82. The maximum Gasteiger partial charge on any atom is 0.129 e. The Balaban J connectivity index is 1.51. The quantitative estimate of drug-likeness (QED) is 0.491. The molecule has 1 aliphatic rings. The van der Waals surface area contributed by atoms with Gasteiger partial charge in [0.2, 0.25) is 0 Å². The zero-order valence-electron chi connectivity index (χ0n) is 15.8. The van der Waals surface area contributed by atoms with Crippen LogP contribution in [-0.2, 0) is 12.8 Å². The van der Waals surface area contributed by atoms with Crippen molar-refractivity contribution >= 4 is 0 Å². The Morgan fingerprint density at radius 1 is 0.885 bits per heavy atom. The fourth-order valence-corrected chi connectivity index (χ4v) is 4.24. The summed E-state index contributed by atoms with van der Waals surface area (Å²) in [6.45, 7) is 2.28. The van der Waals surface area contributed by atoms with Crippen molar-refractivity contribution < 1.29 is 8.78 Å². The third-order valence-corrected chi connectivity index (χ3v) is 5.96. The van der Waals surface area contributed by atoms with Crippen LogP contribution >= 0.6 is 0 Å². The molecule has 140 valence electrons. The number of rotatable bonds is 7. The van der Waals surface area contributed by atoms with E-state index in [1.54, 1.807) is 6.07 Å². The van der Waals surface area contributed by atoms with Crippen molar-refractivity contribution in [3.8, 4) is 0 Å². The number of unbranched alkanes of at least 4 members (excludes halogenated alkanes) is 1. The Bertz CT molecular complexity index is 682. The van der Waals surface area contributed by atoms with Gasteiger partial charge in [-0.15, -0.1) is 0 Å². The van der Waals surface area contributed by atoms with Crippen molar-refractivity contribution in [1.29, 1.82) is 0 Å². The smallest absolute Gasteiger partial charge is 0.129 e. The predicted molar refractivity (Wildman–Crippen MR) is 104 cm³/mol. The largest absolute Gasteiger partial charge is 0.207 e. The molecule has 0 spiro atoms. The predicted octanol–water partition coefficient (Wildman–Crippen LogP) is 7.21. The lowest BCUT2D eigenvalue weighted by molar-refractivity contribution is 0.304. The van der Waals surface area contributed by atoms with Gasteiger partial charge in [0.15, 0.2) is 0 Å². The molecule has 2 aromatic carbocycles. The molecule has 3 rings (SSSR count).